The Balaban J connectivity index is 1.88. The van der Waals surface area contributed by atoms with Crippen LogP contribution in [0.5, 0.6) is 5.88 Å². The topological polar surface area (TPSA) is 145 Å². The van der Waals surface area contributed by atoms with E-state index in [0.717, 1.165) is 4.88 Å². The lowest BCUT2D eigenvalue weighted by atomic mass is 10.1. The minimum absolute atomic E-state index is 0.00873. The average Bonchev–Trinajstić information content (AvgIpc) is 3.21. The monoisotopic (exact) mass is 349 g/mol. The number of nitrogens with one attached hydrogen (secondary N) is 1. The molecule has 0 bridgehead atoms. The highest BCUT2D eigenvalue weighted by atomic mass is 32.1. The minimum atomic E-state index is -1.17. The van der Waals surface area contributed by atoms with Crippen molar-refractivity contribution in [1.82, 2.24) is 5.16 Å². The number of hydrogen-bond acceptors (Lipinski definition) is 9. The van der Waals surface area contributed by atoms with Gasteiger partial charge in [-0.25, -0.2) is 4.79 Å². The molecule has 0 saturated heterocycles. The van der Waals surface area contributed by atoms with Crippen molar-refractivity contribution in [2.45, 2.75) is 6.54 Å². The molecule has 9 nitrogen and oxygen atoms in total. The normalized spacial score (nSPS) is 10.8. The second-order valence-corrected chi connectivity index (χ2v) is 5.70. The van der Waals surface area contributed by atoms with Crippen LogP contribution < -0.4 is 26.6 Å². The van der Waals surface area contributed by atoms with Crippen molar-refractivity contribution in [1.29, 1.82) is 0 Å². The smallest absolute Gasteiger partial charge is 0.341 e. The highest BCUT2D eigenvalue weighted by Crippen LogP contribution is 2.34. The van der Waals surface area contributed by atoms with E-state index in [1.807, 2.05) is 11.4 Å². The number of nitrogens with zero attached hydrogens (tertiary/aromatic N) is 1. The predicted molar refractivity (Wildman–Crippen MR) is 86.0 cm³/mol. The van der Waals surface area contributed by atoms with Crippen LogP contribution in [0.25, 0.3) is 10.6 Å². The number of anilines is 2. The molecular weight excluding hydrogens is 338 g/mol. The van der Waals surface area contributed by atoms with E-state index in [1.165, 1.54) is 11.3 Å². The van der Waals surface area contributed by atoms with Gasteiger partial charge < -0.3 is 25.4 Å². The summed E-state index contributed by atoms with van der Waals surface area (Å²) in [7, 11) is 0. The molecule has 2 heterocycles. The van der Waals surface area contributed by atoms with Gasteiger partial charge in [-0.05, 0) is 16.6 Å². The van der Waals surface area contributed by atoms with Crippen LogP contribution in [0.2, 0.25) is 0 Å². The zero-order valence-corrected chi connectivity index (χ0v) is 12.9. The van der Waals surface area contributed by atoms with Crippen LogP contribution in [0.3, 0.4) is 0 Å². The molecule has 0 saturated carbocycles. The summed E-state index contributed by atoms with van der Waals surface area (Å²) in [6.07, 6.45) is 0. The van der Waals surface area contributed by atoms with E-state index in [4.69, 9.17) is 20.1 Å². The van der Waals surface area contributed by atoms with Crippen LogP contribution in [-0.4, -0.2) is 22.8 Å². The molecule has 4 N–H and O–H groups in total. The van der Waals surface area contributed by atoms with Gasteiger partial charge in [0.15, 0.2) is 12.4 Å². The SMILES string of the molecule is Nc1c(NCc2c(OCC(=O)O)noc2-c2cccs2)c(=O)c1=O. The molecule has 10 heteroatoms. The average molecular weight is 349 g/mol. The second kappa shape index (κ2) is 6.16. The first-order valence-corrected chi connectivity index (χ1v) is 7.56. The molecule has 3 aromatic rings. The number of carbonyl (C=O) groups is 1. The predicted octanol–water partition coefficient (Wildman–Crippen LogP) is 0.657. The van der Waals surface area contributed by atoms with Crippen LogP contribution in [0.15, 0.2) is 31.6 Å². The zero-order chi connectivity index (χ0) is 17.3. The Labute approximate surface area is 138 Å². The summed E-state index contributed by atoms with van der Waals surface area (Å²) in [4.78, 5) is 34.0. The fourth-order valence-electron chi connectivity index (χ4n) is 2.06. The van der Waals surface area contributed by atoms with Gasteiger partial charge in [0, 0.05) is 6.54 Å². The van der Waals surface area contributed by atoms with Gasteiger partial charge in [-0.15, -0.1) is 11.3 Å². The first-order chi connectivity index (χ1) is 11.5. The van der Waals surface area contributed by atoms with Crippen molar-refractivity contribution in [3.63, 3.8) is 0 Å². The number of carboxylic acid groups (broad SMARTS) is 1. The fourth-order valence-corrected chi connectivity index (χ4v) is 2.79. The Hall–Kier alpha value is -3.14. The number of hydrogen-bond donors (Lipinski definition) is 3. The first-order valence-electron chi connectivity index (χ1n) is 6.68. The van der Waals surface area contributed by atoms with Gasteiger partial charge in [-0.3, -0.25) is 9.59 Å². The first kappa shape index (κ1) is 15.7. The number of rotatable bonds is 7. The lowest BCUT2D eigenvalue weighted by Crippen LogP contribution is -2.36. The molecule has 0 fully saturated rings. The van der Waals surface area contributed by atoms with E-state index in [2.05, 4.69) is 10.5 Å². The molecule has 0 aliphatic rings. The van der Waals surface area contributed by atoms with Gasteiger partial charge in [0.25, 0.3) is 16.7 Å². The van der Waals surface area contributed by atoms with Crippen molar-refractivity contribution in [2.75, 3.05) is 17.7 Å². The molecule has 0 spiro atoms. The summed E-state index contributed by atoms with van der Waals surface area (Å²) in [5.74, 6) is -0.790. The maximum Gasteiger partial charge on any atom is 0.341 e. The van der Waals surface area contributed by atoms with E-state index in [1.54, 1.807) is 6.07 Å². The molecule has 1 aromatic carbocycles. The van der Waals surface area contributed by atoms with Gasteiger partial charge in [0.2, 0.25) is 0 Å². The maximum absolute atomic E-state index is 11.4. The molecule has 0 aliphatic heterocycles. The number of ether oxygens (including phenoxy) is 1. The maximum atomic E-state index is 11.4. The lowest BCUT2D eigenvalue weighted by molar-refractivity contribution is -0.139. The number of nitrogen functional groups attached to an aromatic ring is 1. The quantitative estimate of drug-likeness (QED) is 0.523. The van der Waals surface area contributed by atoms with E-state index in [0.29, 0.717) is 11.3 Å². The van der Waals surface area contributed by atoms with Crippen molar-refractivity contribution in [3.8, 4) is 16.5 Å². The standard InChI is InChI=1S/C14H11N3O6S/c15-9-10(12(21)11(9)20)16-4-6-13(7-2-1-3-24-7)23-17-14(6)22-5-8(18)19/h1-3,16H,4-5,15H2,(H,18,19). The molecule has 124 valence electrons. The van der Waals surface area contributed by atoms with Crippen LogP contribution in [-0.2, 0) is 11.3 Å². The Morgan fingerprint density at radius 1 is 1.42 bits per heavy atom. The summed E-state index contributed by atoms with van der Waals surface area (Å²) in [5, 5.41) is 17.0. The largest absolute Gasteiger partial charge is 0.479 e. The van der Waals surface area contributed by atoms with Crippen molar-refractivity contribution < 1.29 is 19.2 Å². The van der Waals surface area contributed by atoms with E-state index < -0.39 is 23.4 Å². The second-order valence-electron chi connectivity index (χ2n) is 4.76. The van der Waals surface area contributed by atoms with Crippen LogP contribution in [0.1, 0.15) is 5.56 Å². The Morgan fingerprint density at radius 3 is 2.83 bits per heavy atom. The summed E-state index contributed by atoms with van der Waals surface area (Å²) in [6, 6.07) is 3.60. The number of aromatic nitrogens is 1. The zero-order valence-electron chi connectivity index (χ0n) is 12.1. The van der Waals surface area contributed by atoms with Crippen molar-refractivity contribution >= 4 is 28.7 Å². The molecule has 0 atom stereocenters. The lowest BCUT2D eigenvalue weighted by Gasteiger charge is -2.10. The van der Waals surface area contributed by atoms with Crippen molar-refractivity contribution in [3.05, 3.63) is 43.5 Å². The molecule has 0 aliphatic carbocycles. The van der Waals surface area contributed by atoms with E-state index >= 15 is 0 Å². The van der Waals surface area contributed by atoms with E-state index in [-0.39, 0.29) is 23.8 Å². The summed E-state index contributed by atoms with van der Waals surface area (Å²) >= 11 is 1.39. The number of thiophene rings is 1. The van der Waals surface area contributed by atoms with Gasteiger partial charge in [-0.2, -0.15) is 0 Å². The molecule has 3 rings (SSSR count). The van der Waals surface area contributed by atoms with Gasteiger partial charge in [0.05, 0.1) is 10.4 Å². The van der Waals surface area contributed by atoms with Crippen LogP contribution in [0, 0.1) is 0 Å². The molecular formula is C14H11N3O6S. The number of carboxylic acids is 1. The Bertz CT molecular complexity index is 952. The number of aliphatic carboxylic acids is 1. The summed E-state index contributed by atoms with van der Waals surface area (Å²) in [5.41, 5.74) is 4.34. The molecule has 0 unspecified atom stereocenters. The summed E-state index contributed by atoms with van der Waals surface area (Å²) in [6.45, 7) is -0.563. The van der Waals surface area contributed by atoms with Gasteiger partial charge in [0.1, 0.15) is 11.4 Å². The molecule has 0 radical (unpaired) electrons. The van der Waals surface area contributed by atoms with Crippen LogP contribution >= 0.6 is 11.3 Å². The number of nitrogens with two attached hydrogens (primary N) is 1. The molecule has 2 aromatic heterocycles. The van der Waals surface area contributed by atoms with Gasteiger partial charge >= 0.3 is 5.97 Å². The molecule has 24 heavy (non-hydrogen) atoms. The Morgan fingerprint density at radius 2 is 2.21 bits per heavy atom. The highest BCUT2D eigenvalue weighted by Gasteiger charge is 2.23. The summed E-state index contributed by atoms with van der Waals surface area (Å²) < 4.78 is 10.3. The third-order valence-electron chi connectivity index (χ3n) is 3.22. The Kier molecular flexibility index (Phi) is 4.04. The van der Waals surface area contributed by atoms with Crippen molar-refractivity contribution in [2.24, 2.45) is 0 Å². The molecule has 0 amide bonds. The fraction of sp³-hybridized carbons (Fsp3) is 0.143. The third kappa shape index (κ3) is 2.74. The van der Waals surface area contributed by atoms with Gasteiger partial charge in [-0.1, -0.05) is 6.07 Å². The van der Waals surface area contributed by atoms with E-state index in [9.17, 15) is 14.4 Å². The highest BCUT2D eigenvalue weighted by molar-refractivity contribution is 7.13. The third-order valence-corrected chi connectivity index (χ3v) is 4.09. The van der Waals surface area contributed by atoms with Crippen LogP contribution in [0.4, 0.5) is 11.4 Å². The minimum Gasteiger partial charge on any atom is -0.479 e.